The number of rotatable bonds is 3. The van der Waals surface area contributed by atoms with Crippen LogP contribution in [0.2, 0.25) is 0 Å². The molecule has 0 aromatic rings. The minimum absolute atomic E-state index is 0.0434. The Labute approximate surface area is 108 Å². The lowest BCUT2D eigenvalue weighted by Gasteiger charge is -2.32. The third-order valence-electron chi connectivity index (χ3n) is 3.80. The summed E-state index contributed by atoms with van der Waals surface area (Å²) < 4.78 is 0. The van der Waals surface area contributed by atoms with Gasteiger partial charge in [0.25, 0.3) is 0 Å². The van der Waals surface area contributed by atoms with Crippen LogP contribution in [0.15, 0.2) is 0 Å². The molecule has 2 aliphatic rings. The van der Waals surface area contributed by atoms with Gasteiger partial charge in [-0.15, -0.1) is 0 Å². The average molecular weight is 257 g/mol. The standard InChI is InChI=1S/C13H23NO2S/c15-12(14-11-5-4-8-17-10-11)9-13(16)6-2-1-3-7-13/h11,16H,1-10H2,(H,14,15). The van der Waals surface area contributed by atoms with Gasteiger partial charge in [-0.3, -0.25) is 4.79 Å². The van der Waals surface area contributed by atoms with E-state index in [0.717, 1.165) is 37.9 Å². The van der Waals surface area contributed by atoms with Crippen molar-refractivity contribution < 1.29 is 9.90 Å². The summed E-state index contributed by atoms with van der Waals surface area (Å²) in [4.78, 5) is 11.9. The number of thioether (sulfide) groups is 1. The number of carbonyl (C=O) groups is 1. The summed E-state index contributed by atoms with van der Waals surface area (Å²) in [7, 11) is 0. The van der Waals surface area contributed by atoms with E-state index in [1.54, 1.807) is 0 Å². The molecule has 0 aromatic heterocycles. The highest BCUT2D eigenvalue weighted by molar-refractivity contribution is 7.99. The highest BCUT2D eigenvalue weighted by Crippen LogP contribution is 2.30. The van der Waals surface area contributed by atoms with E-state index in [0.29, 0.717) is 12.5 Å². The molecule has 17 heavy (non-hydrogen) atoms. The second-order valence-electron chi connectivity index (χ2n) is 5.44. The third-order valence-corrected chi connectivity index (χ3v) is 5.01. The predicted octanol–water partition coefficient (Wildman–Crippen LogP) is 2.08. The van der Waals surface area contributed by atoms with E-state index >= 15 is 0 Å². The van der Waals surface area contributed by atoms with E-state index in [-0.39, 0.29) is 5.91 Å². The van der Waals surface area contributed by atoms with Gasteiger partial charge in [0.05, 0.1) is 12.0 Å². The number of hydrogen-bond acceptors (Lipinski definition) is 3. The molecule has 3 nitrogen and oxygen atoms in total. The molecule has 98 valence electrons. The van der Waals surface area contributed by atoms with E-state index in [2.05, 4.69) is 5.32 Å². The fraction of sp³-hybridized carbons (Fsp3) is 0.923. The Morgan fingerprint density at radius 3 is 2.71 bits per heavy atom. The molecule has 2 N–H and O–H groups in total. The topological polar surface area (TPSA) is 49.3 Å². The molecule has 0 aromatic carbocycles. The first kappa shape index (κ1) is 13.2. The quantitative estimate of drug-likeness (QED) is 0.814. The zero-order chi connectivity index (χ0) is 12.1. The Morgan fingerprint density at radius 1 is 1.29 bits per heavy atom. The van der Waals surface area contributed by atoms with Crippen LogP contribution in [0.3, 0.4) is 0 Å². The van der Waals surface area contributed by atoms with Crippen molar-refractivity contribution in [3.63, 3.8) is 0 Å². The zero-order valence-corrected chi connectivity index (χ0v) is 11.2. The van der Waals surface area contributed by atoms with Gasteiger partial charge in [-0.1, -0.05) is 19.3 Å². The van der Waals surface area contributed by atoms with E-state index in [1.165, 1.54) is 18.6 Å². The fourth-order valence-electron chi connectivity index (χ4n) is 2.82. The minimum atomic E-state index is -0.718. The van der Waals surface area contributed by atoms with Gasteiger partial charge >= 0.3 is 0 Å². The molecule has 1 saturated heterocycles. The number of hydrogen-bond donors (Lipinski definition) is 2. The maximum Gasteiger partial charge on any atom is 0.223 e. The van der Waals surface area contributed by atoms with E-state index in [1.807, 2.05) is 11.8 Å². The van der Waals surface area contributed by atoms with Crippen molar-refractivity contribution in [2.24, 2.45) is 0 Å². The molecule has 2 rings (SSSR count). The largest absolute Gasteiger partial charge is 0.389 e. The van der Waals surface area contributed by atoms with Crippen molar-refractivity contribution in [1.82, 2.24) is 5.32 Å². The molecular formula is C13H23NO2S. The van der Waals surface area contributed by atoms with Gasteiger partial charge in [-0.05, 0) is 31.4 Å². The van der Waals surface area contributed by atoms with Crippen molar-refractivity contribution in [3.8, 4) is 0 Å². The maximum atomic E-state index is 11.9. The fourth-order valence-corrected chi connectivity index (χ4v) is 3.89. The number of nitrogens with one attached hydrogen (secondary N) is 1. The first-order valence-corrected chi connectivity index (χ1v) is 7.93. The molecule has 0 bridgehead atoms. The van der Waals surface area contributed by atoms with Crippen molar-refractivity contribution in [2.45, 2.75) is 63.0 Å². The lowest BCUT2D eigenvalue weighted by atomic mass is 9.82. The van der Waals surface area contributed by atoms with Crippen molar-refractivity contribution in [3.05, 3.63) is 0 Å². The van der Waals surface area contributed by atoms with E-state index in [4.69, 9.17) is 0 Å². The predicted molar refractivity (Wildman–Crippen MR) is 71.1 cm³/mol. The molecule has 4 heteroatoms. The van der Waals surface area contributed by atoms with Gasteiger partial charge in [0.15, 0.2) is 0 Å². The van der Waals surface area contributed by atoms with Crippen LogP contribution in [0.4, 0.5) is 0 Å². The third kappa shape index (κ3) is 4.18. The van der Waals surface area contributed by atoms with Crippen LogP contribution in [-0.2, 0) is 4.79 Å². The average Bonchev–Trinajstić information content (AvgIpc) is 2.30. The Bertz CT molecular complexity index is 258. The lowest BCUT2D eigenvalue weighted by molar-refractivity contribution is -0.128. The minimum Gasteiger partial charge on any atom is -0.389 e. The van der Waals surface area contributed by atoms with Crippen LogP contribution in [0, 0.1) is 0 Å². The molecule has 1 aliphatic carbocycles. The molecule has 0 spiro atoms. The smallest absolute Gasteiger partial charge is 0.223 e. The highest BCUT2D eigenvalue weighted by Gasteiger charge is 2.32. The Kier molecular flexibility index (Phi) is 4.74. The van der Waals surface area contributed by atoms with Gasteiger partial charge in [-0.2, -0.15) is 11.8 Å². The summed E-state index contributed by atoms with van der Waals surface area (Å²) in [5, 5.41) is 13.4. The molecule has 2 fully saturated rings. The summed E-state index contributed by atoms with van der Waals surface area (Å²) >= 11 is 1.91. The summed E-state index contributed by atoms with van der Waals surface area (Å²) in [6.07, 6.45) is 7.49. The second kappa shape index (κ2) is 6.10. The molecular weight excluding hydrogens is 234 g/mol. The molecule has 1 unspecified atom stereocenters. The summed E-state index contributed by atoms with van der Waals surface area (Å²) in [5.74, 6) is 2.29. The van der Waals surface area contributed by atoms with Crippen LogP contribution in [-0.4, -0.2) is 34.2 Å². The number of carbonyl (C=O) groups excluding carboxylic acids is 1. The molecule has 1 atom stereocenters. The van der Waals surface area contributed by atoms with Crippen LogP contribution in [0.1, 0.15) is 51.4 Å². The van der Waals surface area contributed by atoms with Crippen molar-refractivity contribution >= 4 is 17.7 Å². The molecule has 0 radical (unpaired) electrons. The maximum absolute atomic E-state index is 11.9. The van der Waals surface area contributed by atoms with Gasteiger partial charge in [0.1, 0.15) is 0 Å². The highest BCUT2D eigenvalue weighted by atomic mass is 32.2. The van der Waals surface area contributed by atoms with E-state index < -0.39 is 5.60 Å². The van der Waals surface area contributed by atoms with Gasteiger partial charge in [0, 0.05) is 11.8 Å². The van der Waals surface area contributed by atoms with E-state index in [9.17, 15) is 9.90 Å². The lowest BCUT2D eigenvalue weighted by Crippen LogP contribution is -2.43. The van der Waals surface area contributed by atoms with Gasteiger partial charge < -0.3 is 10.4 Å². The van der Waals surface area contributed by atoms with Crippen molar-refractivity contribution in [2.75, 3.05) is 11.5 Å². The van der Waals surface area contributed by atoms with Crippen LogP contribution in [0.25, 0.3) is 0 Å². The normalized spacial score (nSPS) is 28.6. The first-order valence-electron chi connectivity index (χ1n) is 6.77. The monoisotopic (exact) mass is 257 g/mol. The summed E-state index contributed by atoms with van der Waals surface area (Å²) in [6, 6.07) is 0.327. The SMILES string of the molecule is O=C(CC1(O)CCCCC1)NC1CCCSC1. The molecule has 1 saturated carbocycles. The van der Waals surface area contributed by atoms with Crippen LogP contribution >= 0.6 is 11.8 Å². The number of amides is 1. The summed E-state index contributed by atoms with van der Waals surface area (Å²) in [5.41, 5.74) is -0.718. The first-order chi connectivity index (χ1) is 8.18. The van der Waals surface area contributed by atoms with Crippen molar-refractivity contribution in [1.29, 1.82) is 0 Å². The molecule has 1 heterocycles. The second-order valence-corrected chi connectivity index (χ2v) is 6.59. The Balaban J connectivity index is 1.75. The summed E-state index contributed by atoms with van der Waals surface area (Å²) in [6.45, 7) is 0. The molecule has 1 aliphatic heterocycles. The Hall–Kier alpha value is -0.220. The zero-order valence-electron chi connectivity index (χ0n) is 10.4. The number of aliphatic hydroxyl groups is 1. The van der Waals surface area contributed by atoms with Gasteiger partial charge in [-0.25, -0.2) is 0 Å². The van der Waals surface area contributed by atoms with Crippen LogP contribution < -0.4 is 5.32 Å². The molecule has 1 amide bonds. The Morgan fingerprint density at radius 2 is 2.06 bits per heavy atom. The van der Waals surface area contributed by atoms with Gasteiger partial charge in [0.2, 0.25) is 5.91 Å². The van der Waals surface area contributed by atoms with Crippen LogP contribution in [0.5, 0.6) is 0 Å².